The molecule has 1 unspecified atom stereocenters. The fourth-order valence-electron chi connectivity index (χ4n) is 0.734. The maximum Gasteiger partial charge on any atom is 0.0761 e. The zero-order chi connectivity index (χ0) is 8.69. The monoisotopic (exact) mass is 152 g/mol. The number of aliphatic hydroxyl groups excluding tert-OH is 1. The molecule has 1 N–H and O–H groups in total. The Kier molecular flexibility index (Phi) is 5.49. The van der Waals surface area contributed by atoms with Crippen molar-refractivity contribution >= 4 is 0 Å². The zero-order valence-corrected chi connectivity index (χ0v) is 7.41. The van der Waals surface area contributed by atoms with E-state index in [4.69, 9.17) is 0 Å². The summed E-state index contributed by atoms with van der Waals surface area (Å²) in [7, 11) is 0. The minimum absolute atomic E-state index is 0.387. The van der Waals surface area contributed by atoms with Gasteiger partial charge in [-0.15, -0.1) is 0 Å². The Bertz CT molecular complexity index is 173. The highest BCUT2D eigenvalue weighted by Gasteiger charge is 1.97. The van der Waals surface area contributed by atoms with E-state index in [1.54, 1.807) is 6.92 Å². The van der Waals surface area contributed by atoms with Gasteiger partial charge in [0, 0.05) is 0 Å². The molecule has 0 radical (unpaired) electrons. The quantitative estimate of drug-likeness (QED) is 0.616. The molecule has 0 amide bonds. The van der Waals surface area contributed by atoms with Crippen LogP contribution in [0.4, 0.5) is 0 Å². The molecule has 1 atom stereocenters. The van der Waals surface area contributed by atoms with Gasteiger partial charge in [-0.2, -0.15) is 0 Å². The van der Waals surface area contributed by atoms with Crippen LogP contribution in [0.2, 0.25) is 0 Å². The van der Waals surface area contributed by atoms with E-state index in [1.807, 2.05) is 44.2 Å². The average Bonchev–Trinajstić information content (AvgIpc) is 1.97. The maximum absolute atomic E-state index is 9.22. The van der Waals surface area contributed by atoms with Crippen LogP contribution in [-0.2, 0) is 0 Å². The molecule has 0 aromatic rings. The first-order valence-electron chi connectivity index (χ1n) is 3.86. The summed E-state index contributed by atoms with van der Waals surface area (Å²) in [5, 5.41) is 9.22. The summed E-state index contributed by atoms with van der Waals surface area (Å²) in [6, 6.07) is 0. The number of hydrogen-bond acceptors (Lipinski definition) is 1. The smallest absolute Gasteiger partial charge is 0.0761 e. The molecular formula is C10H16O. The van der Waals surface area contributed by atoms with Crippen molar-refractivity contribution in [3.05, 3.63) is 36.0 Å². The fourth-order valence-corrected chi connectivity index (χ4v) is 0.734. The van der Waals surface area contributed by atoms with Crippen molar-refractivity contribution in [1.29, 1.82) is 0 Å². The Morgan fingerprint density at radius 3 is 2.27 bits per heavy atom. The third kappa shape index (κ3) is 4.57. The molecule has 0 aliphatic rings. The Labute approximate surface area is 68.7 Å². The van der Waals surface area contributed by atoms with Gasteiger partial charge >= 0.3 is 0 Å². The lowest BCUT2D eigenvalue weighted by Gasteiger charge is -2.02. The number of allylic oxidation sites excluding steroid dienone is 4. The van der Waals surface area contributed by atoms with Crippen molar-refractivity contribution in [3.8, 4) is 0 Å². The van der Waals surface area contributed by atoms with Crippen LogP contribution in [0.3, 0.4) is 0 Å². The summed E-state index contributed by atoms with van der Waals surface area (Å²) in [4.78, 5) is 0. The molecule has 1 nitrogen and oxygen atoms in total. The van der Waals surface area contributed by atoms with Gasteiger partial charge in [0.1, 0.15) is 0 Å². The largest absolute Gasteiger partial charge is 0.389 e. The molecule has 0 bridgehead atoms. The highest BCUT2D eigenvalue weighted by Crippen LogP contribution is 2.03. The molecule has 0 aromatic heterocycles. The molecule has 0 aliphatic carbocycles. The molecule has 0 rings (SSSR count). The Morgan fingerprint density at radius 1 is 1.27 bits per heavy atom. The first kappa shape index (κ1) is 10.2. The Morgan fingerprint density at radius 2 is 1.91 bits per heavy atom. The van der Waals surface area contributed by atoms with Crippen molar-refractivity contribution in [2.75, 3.05) is 0 Å². The second-order valence-electron chi connectivity index (χ2n) is 2.37. The molecule has 0 fully saturated rings. The van der Waals surface area contributed by atoms with Gasteiger partial charge < -0.3 is 5.11 Å². The van der Waals surface area contributed by atoms with Crippen LogP contribution in [0.25, 0.3) is 0 Å². The first-order valence-corrected chi connectivity index (χ1v) is 3.86. The minimum Gasteiger partial charge on any atom is -0.389 e. The van der Waals surface area contributed by atoms with Crippen LogP contribution in [0.1, 0.15) is 20.8 Å². The van der Waals surface area contributed by atoms with Gasteiger partial charge in [-0.25, -0.2) is 0 Å². The SMILES string of the molecule is C\C=C/C=C(\C=C/C)C(C)O. The van der Waals surface area contributed by atoms with Gasteiger partial charge in [0.2, 0.25) is 0 Å². The number of aliphatic hydroxyl groups is 1. The van der Waals surface area contributed by atoms with E-state index in [0.29, 0.717) is 0 Å². The van der Waals surface area contributed by atoms with E-state index in [0.717, 1.165) is 5.57 Å². The molecule has 0 saturated heterocycles. The molecule has 0 aromatic carbocycles. The van der Waals surface area contributed by atoms with Crippen LogP contribution in [0.15, 0.2) is 36.0 Å². The van der Waals surface area contributed by atoms with E-state index in [9.17, 15) is 5.11 Å². The second kappa shape index (κ2) is 5.93. The Hall–Kier alpha value is -0.820. The van der Waals surface area contributed by atoms with Gasteiger partial charge in [-0.3, -0.25) is 0 Å². The van der Waals surface area contributed by atoms with Gasteiger partial charge in [-0.05, 0) is 26.3 Å². The average molecular weight is 152 g/mol. The van der Waals surface area contributed by atoms with Crippen LogP contribution < -0.4 is 0 Å². The van der Waals surface area contributed by atoms with Crippen LogP contribution in [0, 0.1) is 0 Å². The maximum atomic E-state index is 9.22. The third-order valence-electron chi connectivity index (χ3n) is 1.32. The number of hydrogen-bond donors (Lipinski definition) is 1. The van der Waals surface area contributed by atoms with Crippen molar-refractivity contribution in [1.82, 2.24) is 0 Å². The van der Waals surface area contributed by atoms with Crippen LogP contribution in [-0.4, -0.2) is 11.2 Å². The molecule has 0 aliphatic heterocycles. The lowest BCUT2D eigenvalue weighted by molar-refractivity contribution is 0.235. The van der Waals surface area contributed by atoms with E-state index in [2.05, 4.69) is 0 Å². The van der Waals surface area contributed by atoms with Crippen molar-refractivity contribution < 1.29 is 5.11 Å². The predicted octanol–water partition coefficient (Wildman–Crippen LogP) is 2.45. The molecule has 0 spiro atoms. The summed E-state index contributed by atoms with van der Waals surface area (Å²) in [5.74, 6) is 0. The van der Waals surface area contributed by atoms with Gasteiger partial charge in [0.25, 0.3) is 0 Å². The summed E-state index contributed by atoms with van der Waals surface area (Å²) >= 11 is 0. The van der Waals surface area contributed by atoms with E-state index >= 15 is 0 Å². The van der Waals surface area contributed by atoms with Gasteiger partial charge in [0.05, 0.1) is 6.10 Å². The Balaban J connectivity index is 4.32. The van der Waals surface area contributed by atoms with E-state index in [1.165, 1.54) is 0 Å². The minimum atomic E-state index is -0.387. The van der Waals surface area contributed by atoms with Crippen molar-refractivity contribution in [2.45, 2.75) is 26.9 Å². The standard InChI is InChI=1S/C10H16O/c1-4-6-8-10(7-5-2)9(3)11/h4-9,11H,1-3H3/b6-4-,7-5-,10-8+. The predicted molar refractivity (Wildman–Crippen MR) is 49.4 cm³/mol. The molecule has 11 heavy (non-hydrogen) atoms. The van der Waals surface area contributed by atoms with Gasteiger partial charge in [-0.1, -0.05) is 30.4 Å². The topological polar surface area (TPSA) is 20.2 Å². The first-order chi connectivity index (χ1) is 5.22. The lowest BCUT2D eigenvalue weighted by atomic mass is 10.1. The van der Waals surface area contributed by atoms with E-state index < -0.39 is 0 Å². The zero-order valence-electron chi connectivity index (χ0n) is 7.41. The summed E-state index contributed by atoms with van der Waals surface area (Å²) < 4.78 is 0. The van der Waals surface area contributed by atoms with E-state index in [-0.39, 0.29) is 6.10 Å². The second-order valence-corrected chi connectivity index (χ2v) is 2.37. The van der Waals surface area contributed by atoms with Crippen molar-refractivity contribution in [2.24, 2.45) is 0 Å². The van der Waals surface area contributed by atoms with Crippen LogP contribution in [0.5, 0.6) is 0 Å². The normalized spacial score (nSPS) is 16.5. The molecule has 0 heterocycles. The van der Waals surface area contributed by atoms with Crippen molar-refractivity contribution in [3.63, 3.8) is 0 Å². The number of rotatable bonds is 3. The molecule has 1 heteroatoms. The molecule has 62 valence electrons. The summed E-state index contributed by atoms with van der Waals surface area (Å²) in [5.41, 5.74) is 0.936. The third-order valence-corrected chi connectivity index (χ3v) is 1.32. The molecule has 0 saturated carbocycles. The van der Waals surface area contributed by atoms with Gasteiger partial charge in [0.15, 0.2) is 0 Å². The highest BCUT2D eigenvalue weighted by molar-refractivity contribution is 5.26. The summed E-state index contributed by atoms with van der Waals surface area (Å²) in [6.45, 7) is 5.65. The summed E-state index contributed by atoms with van der Waals surface area (Å²) in [6.07, 6.45) is 9.20. The van der Waals surface area contributed by atoms with Crippen LogP contribution >= 0.6 is 0 Å². The fraction of sp³-hybridized carbons (Fsp3) is 0.400. The highest BCUT2D eigenvalue weighted by atomic mass is 16.3. The molecular weight excluding hydrogens is 136 g/mol. The lowest BCUT2D eigenvalue weighted by Crippen LogP contribution is -2.01.